The van der Waals surface area contributed by atoms with Crippen LogP contribution >= 0.6 is 0 Å². The van der Waals surface area contributed by atoms with Crippen LogP contribution in [0.3, 0.4) is 0 Å². The summed E-state index contributed by atoms with van der Waals surface area (Å²) in [6, 6.07) is 4.49. The number of nitrogens with zero attached hydrogens (tertiary/aromatic N) is 3. The van der Waals surface area contributed by atoms with Gasteiger partial charge in [0.05, 0.1) is 5.92 Å². The van der Waals surface area contributed by atoms with Crippen LogP contribution in [0.2, 0.25) is 0 Å². The Bertz CT molecular complexity index is 710. The molecule has 152 valence electrons. The van der Waals surface area contributed by atoms with Crippen molar-refractivity contribution in [2.45, 2.75) is 58.0 Å². The second-order valence-corrected chi connectivity index (χ2v) is 8.69. The third-order valence-corrected chi connectivity index (χ3v) is 6.47. The first-order valence-electron chi connectivity index (χ1n) is 10.8. The zero-order chi connectivity index (χ0) is 19.5. The average molecular weight is 385 g/mol. The van der Waals surface area contributed by atoms with Crippen LogP contribution < -0.4 is 5.32 Å². The summed E-state index contributed by atoms with van der Waals surface area (Å²) >= 11 is 0. The SMILES string of the molecule is Cc1cc(CNC(=O)C2CCCN(C3CCN(C(=O)C4CC4)CC3)C2)ccn1. The maximum atomic E-state index is 12.7. The van der Waals surface area contributed by atoms with Gasteiger partial charge >= 0.3 is 0 Å². The topological polar surface area (TPSA) is 65.5 Å². The first kappa shape index (κ1) is 19.4. The van der Waals surface area contributed by atoms with Gasteiger partial charge in [0.25, 0.3) is 0 Å². The summed E-state index contributed by atoms with van der Waals surface area (Å²) in [5.74, 6) is 0.938. The second kappa shape index (κ2) is 8.60. The lowest BCUT2D eigenvalue weighted by Crippen LogP contribution is -2.51. The van der Waals surface area contributed by atoms with E-state index in [2.05, 4.69) is 20.1 Å². The van der Waals surface area contributed by atoms with Gasteiger partial charge in [-0.15, -0.1) is 0 Å². The van der Waals surface area contributed by atoms with Gasteiger partial charge in [0.2, 0.25) is 11.8 Å². The number of hydrogen-bond acceptors (Lipinski definition) is 4. The number of rotatable bonds is 5. The van der Waals surface area contributed by atoms with Crippen LogP contribution in [0.4, 0.5) is 0 Å². The summed E-state index contributed by atoms with van der Waals surface area (Å²) in [5, 5.41) is 3.11. The average Bonchev–Trinajstić information content (AvgIpc) is 3.57. The summed E-state index contributed by atoms with van der Waals surface area (Å²) in [4.78, 5) is 33.7. The van der Waals surface area contributed by atoms with Crippen molar-refractivity contribution in [1.29, 1.82) is 0 Å². The lowest BCUT2D eigenvalue weighted by atomic mass is 9.93. The molecule has 0 bridgehead atoms. The van der Waals surface area contributed by atoms with Gasteiger partial charge in [-0.2, -0.15) is 0 Å². The van der Waals surface area contributed by atoms with Gasteiger partial charge in [0.15, 0.2) is 0 Å². The molecule has 0 aromatic carbocycles. The smallest absolute Gasteiger partial charge is 0.225 e. The minimum absolute atomic E-state index is 0.0720. The van der Waals surface area contributed by atoms with Gasteiger partial charge < -0.3 is 10.2 Å². The number of carbonyl (C=O) groups excluding carboxylic acids is 2. The Labute approximate surface area is 167 Å². The van der Waals surface area contributed by atoms with Crippen molar-refractivity contribution in [3.05, 3.63) is 29.6 Å². The molecule has 1 aromatic rings. The quantitative estimate of drug-likeness (QED) is 0.845. The Hall–Kier alpha value is -1.95. The van der Waals surface area contributed by atoms with E-state index in [9.17, 15) is 9.59 Å². The standard InChI is InChI=1S/C22H32N4O2/c1-16-13-17(6-9-23-16)14-24-21(27)19-3-2-10-26(15-19)20-7-11-25(12-8-20)22(28)18-4-5-18/h6,9,13,18-20H,2-5,7-8,10-12,14-15H2,1H3,(H,24,27). The fraction of sp³-hybridized carbons (Fsp3) is 0.682. The Morgan fingerprint density at radius 2 is 1.89 bits per heavy atom. The lowest BCUT2D eigenvalue weighted by molar-refractivity contribution is -0.134. The van der Waals surface area contributed by atoms with Gasteiger partial charge in [-0.25, -0.2) is 0 Å². The van der Waals surface area contributed by atoms with Crippen molar-refractivity contribution < 1.29 is 9.59 Å². The molecule has 1 aliphatic carbocycles. The van der Waals surface area contributed by atoms with E-state index in [0.29, 0.717) is 24.4 Å². The third kappa shape index (κ3) is 4.72. The van der Waals surface area contributed by atoms with Crippen LogP contribution in [0.25, 0.3) is 0 Å². The molecule has 2 saturated heterocycles. The highest BCUT2D eigenvalue weighted by atomic mass is 16.2. The van der Waals surface area contributed by atoms with Crippen LogP contribution in [-0.2, 0) is 16.1 Å². The molecule has 1 saturated carbocycles. The summed E-state index contributed by atoms with van der Waals surface area (Å²) in [5.41, 5.74) is 2.07. The number of aromatic nitrogens is 1. The summed E-state index contributed by atoms with van der Waals surface area (Å²) in [6.45, 7) is 6.23. The van der Waals surface area contributed by atoms with E-state index in [1.54, 1.807) is 6.20 Å². The van der Waals surface area contributed by atoms with E-state index in [1.165, 1.54) is 0 Å². The number of piperidine rings is 2. The predicted molar refractivity (Wildman–Crippen MR) is 107 cm³/mol. The molecule has 0 spiro atoms. The molecule has 1 atom stereocenters. The van der Waals surface area contributed by atoms with Crippen molar-refractivity contribution >= 4 is 11.8 Å². The Morgan fingerprint density at radius 1 is 1.11 bits per heavy atom. The highest BCUT2D eigenvalue weighted by Gasteiger charge is 2.37. The van der Waals surface area contributed by atoms with Gasteiger partial charge in [-0.05, 0) is 69.7 Å². The highest BCUT2D eigenvalue weighted by Crippen LogP contribution is 2.32. The third-order valence-electron chi connectivity index (χ3n) is 6.47. The van der Waals surface area contributed by atoms with Crippen molar-refractivity contribution in [3.8, 4) is 0 Å². The summed E-state index contributed by atoms with van der Waals surface area (Å²) in [6.07, 6.45) is 8.09. The molecule has 1 N–H and O–H groups in total. The molecule has 28 heavy (non-hydrogen) atoms. The molecule has 1 aromatic heterocycles. The van der Waals surface area contributed by atoms with E-state index >= 15 is 0 Å². The molecular formula is C22H32N4O2. The van der Waals surface area contributed by atoms with Crippen LogP contribution in [0.1, 0.15) is 49.8 Å². The van der Waals surface area contributed by atoms with Gasteiger partial charge in [-0.3, -0.25) is 19.5 Å². The number of pyridine rings is 1. The molecule has 3 fully saturated rings. The monoisotopic (exact) mass is 384 g/mol. The molecule has 4 rings (SSSR count). The molecule has 2 amide bonds. The Kier molecular flexibility index (Phi) is 5.95. The lowest BCUT2D eigenvalue weighted by Gasteiger charge is -2.42. The second-order valence-electron chi connectivity index (χ2n) is 8.69. The minimum atomic E-state index is 0.0720. The van der Waals surface area contributed by atoms with Gasteiger partial charge in [0.1, 0.15) is 0 Å². The number of carbonyl (C=O) groups is 2. The molecule has 6 nitrogen and oxygen atoms in total. The largest absolute Gasteiger partial charge is 0.352 e. The highest BCUT2D eigenvalue weighted by molar-refractivity contribution is 5.81. The van der Waals surface area contributed by atoms with E-state index in [1.807, 2.05) is 19.1 Å². The molecular weight excluding hydrogens is 352 g/mol. The first-order valence-corrected chi connectivity index (χ1v) is 10.8. The van der Waals surface area contributed by atoms with Gasteiger partial charge in [0, 0.05) is 50.0 Å². The summed E-state index contributed by atoms with van der Waals surface area (Å²) < 4.78 is 0. The molecule has 6 heteroatoms. The fourth-order valence-corrected chi connectivity index (χ4v) is 4.64. The summed E-state index contributed by atoms with van der Waals surface area (Å²) in [7, 11) is 0. The van der Waals surface area contributed by atoms with Gasteiger partial charge in [-0.1, -0.05) is 0 Å². The molecule has 2 aliphatic heterocycles. The molecule has 3 aliphatic rings. The normalized spacial score (nSPS) is 24.2. The first-order chi connectivity index (χ1) is 13.6. The zero-order valence-electron chi connectivity index (χ0n) is 16.9. The van der Waals surface area contributed by atoms with Crippen molar-refractivity contribution in [3.63, 3.8) is 0 Å². The fourth-order valence-electron chi connectivity index (χ4n) is 4.64. The Morgan fingerprint density at radius 3 is 2.61 bits per heavy atom. The van der Waals surface area contributed by atoms with Crippen LogP contribution in [-0.4, -0.2) is 58.8 Å². The van der Waals surface area contributed by atoms with E-state index in [0.717, 1.165) is 76.0 Å². The van der Waals surface area contributed by atoms with Crippen LogP contribution in [0.5, 0.6) is 0 Å². The van der Waals surface area contributed by atoms with E-state index < -0.39 is 0 Å². The van der Waals surface area contributed by atoms with Crippen molar-refractivity contribution in [2.24, 2.45) is 11.8 Å². The van der Waals surface area contributed by atoms with E-state index in [4.69, 9.17) is 0 Å². The predicted octanol–water partition coefficient (Wildman–Crippen LogP) is 2.12. The number of likely N-dealkylation sites (tertiary alicyclic amines) is 2. The van der Waals surface area contributed by atoms with E-state index in [-0.39, 0.29) is 11.8 Å². The number of aryl methyl sites for hydroxylation is 1. The van der Waals surface area contributed by atoms with Crippen LogP contribution in [0, 0.1) is 18.8 Å². The number of hydrogen-bond donors (Lipinski definition) is 1. The zero-order valence-corrected chi connectivity index (χ0v) is 16.9. The maximum Gasteiger partial charge on any atom is 0.225 e. The minimum Gasteiger partial charge on any atom is -0.352 e. The van der Waals surface area contributed by atoms with Crippen molar-refractivity contribution in [2.75, 3.05) is 26.2 Å². The van der Waals surface area contributed by atoms with Crippen molar-refractivity contribution in [1.82, 2.24) is 20.1 Å². The molecule has 3 heterocycles. The molecule has 0 radical (unpaired) electrons. The maximum absolute atomic E-state index is 12.7. The number of nitrogens with one attached hydrogen (secondary N) is 1. The Balaban J connectivity index is 1.24. The van der Waals surface area contributed by atoms with Crippen LogP contribution in [0.15, 0.2) is 18.3 Å². The molecule has 1 unspecified atom stereocenters. The number of amides is 2.